The van der Waals surface area contributed by atoms with E-state index in [0.717, 1.165) is 0 Å². The highest BCUT2D eigenvalue weighted by atomic mass is 28.3. The number of likely N-dealkylation sites (tertiary alicyclic amines) is 1. The zero-order chi connectivity index (χ0) is 27.3. The van der Waals surface area contributed by atoms with E-state index in [-0.39, 0.29) is 30.0 Å². The number of hydrogen-bond donors (Lipinski definition) is 0. The molecule has 1 aromatic carbocycles. The highest BCUT2D eigenvalue weighted by Crippen LogP contribution is 2.46. The van der Waals surface area contributed by atoms with Crippen molar-refractivity contribution in [2.45, 2.75) is 59.0 Å². The van der Waals surface area contributed by atoms with E-state index in [0.29, 0.717) is 18.5 Å². The van der Waals surface area contributed by atoms with Crippen molar-refractivity contribution in [2.75, 3.05) is 20.8 Å². The molecule has 11 nitrogen and oxygen atoms in total. The van der Waals surface area contributed by atoms with Crippen LogP contribution in [0.1, 0.15) is 39.2 Å². The second-order valence-electron chi connectivity index (χ2n) is 10.3. The molecule has 0 unspecified atom stereocenters. The molecule has 0 aromatic heterocycles. The number of carbonyl (C=O) groups excluding carboxylic acids is 3. The first-order valence-corrected chi connectivity index (χ1v) is 14.5. The van der Waals surface area contributed by atoms with E-state index in [1.165, 1.54) is 43.4 Å². The van der Waals surface area contributed by atoms with Crippen LogP contribution in [0.15, 0.2) is 24.3 Å². The number of rotatable bonds is 9. The Kier molecular flexibility index (Phi) is 9.61. The van der Waals surface area contributed by atoms with Gasteiger partial charge in [0.1, 0.15) is 12.3 Å². The fourth-order valence-corrected chi connectivity index (χ4v) is 5.56. The molecular formula is C24H36N2O9Si. The Morgan fingerprint density at radius 1 is 1.14 bits per heavy atom. The fraction of sp³-hybridized carbons (Fsp3) is 0.625. The molecule has 0 saturated carbocycles. The molecule has 0 bridgehead atoms. The summed E-state index contributed by atoms with van der Waals surface area (Å²) in [5.74, 6) is -2.83. The predicted molar refractivity (Wildman–Crippen MR) is 132 cm³/mol. The van der Waals surface area contributed by atoms with Crippen molar-refractivity contribution in [1.82, 2.24) is 4.90 Å². The van der Waals surface area contributed by atoms with Gasteiger partial charge in [-0.3, -0.25) is 24.6 Å². The van der Waals surface area contributed by atoms with Gasteiger partial charge in [-0.2, -0.15) is 0 Å². The van der Waals surface area contributed by atoms with Crippen LogP contribution in [0.25, 0.3) is 0 Å². The average Bonchev–Trinajstić information content (AvgIpc) is 3.19. The van der Waals surface area contributed by atoms with Gasteiger partial charge in [-0.25, -0.2) is 4.79 Å². The second-order valence-corrected chi connectivity index (χ2v) is 12.6. The topological polar surface area (TPSA) is 135 Å². The Morgan fingerprint density at radius 3 is 2.14 bits per heavy atom. The Hall–Kier alpha value is -2.99. The summed E-state index contributed by atoms with van der Waals surface area (Å²) in [6.45, 7) is 10.2. The number of hydrogen-bond acceptors (Lipinski definition) is 9. The molecular weight excluding hydrogens is 488 g/mol. The number of benzene rings is 1. The number of ether oxygens (including phenoxy) is 3. The molecule has 0 N–H and O–H groups in total. The third kappa shape index (κ3) is 7.03. The van der Waals surface area contributed by atoms with Gasteiger partial charge in [0.25, 0.3) is 5.69 Å². The summed E-state index contributed by atoms with van der Waals surface area (Å²) in [6, 6.07) is 5.71. The maximum Gasteiger partial charge on any atom is 0.412 e. The predicted octanol–water partition coefficient (Wildman–Crippen LogP) is 3.65. The molecule has 1 fully saturated rings. The van der Waals surface area contributed by atoms with Gasteiger partial charge >= 0.3 is 18.0 Å². The van der Waals surface area contributed by atoms with Crippen molar-refractivity contribution >= 4 is 32.8 Å². The van der Waals surface area contributed by atoms with Crippen molar-refractivity contribution in [3.63, 3.8) is 0 Å². The van der Waals surface area contributed by atoms with E-state index >= 15 is 0 Å². The maximum absolute atomic E-state index is 13.4. The Labute approximate surface area is 212 Å². The molecule has 0 aliphatic carbocycles. The quantitative estimate of drug-likeness (QED) is 0.118. The lowest BCUT2D eigenvalue weighted by Crippen LogP contribution is -2.54. The minimum absolute atomic E-state index is 0.00637. The van der Waals surface area contributed by atoms with E-state index in [1.807, 2.05) is 13.1 Å². The van der Waals surface area contributed by atoms with Crippen molar-refractivity contribution in [3.05, 3.63) is 39.9 Å². The molecule has 1 saturated heterocycles. The van der Waals surface area contributed by atoms with Crippen LogP contribution < -0.4 is 0 Å². The molecule has 36 heavy (non-hydrogen) atoms. The monoisotopic (exact) mass is 524 g/mol. The number of esters is 2. The van der Waals surface area contributed by atoms with Crippen LogP contribution >= 0.6 is 0 Å². The second kappa shape index (κ2) is 11.8. The van der Waals surface area contributed by atoms with Gasteiger partial charge in [0, 0.05) is 25.1 Å². The van der Waals surface area contributed by atoms with E-state index in [4.69, 9.17) is 18.6 Å². The Bertz CT molecular complexity index is 945. The molecule has 1 aliphatic rings. The lowest BCUT2D eigenvalue weighted by molar-refractivity contribution is -0.384. The summed E-state index contributed by atoms with van der Waals surface area (Å²) in [6.07, 6.45) is -0.390. The van der Waals surface area contributed by atoms with E-state index in [9.17, 15) is 24.5 Å². The van der Waals surface area contributed by atoms with Gasteiger partial charge < -0.3 is 18.6 Å². The lowest BCUT2D eigenvalue weighted by Gasteiger charge is -2.40. The molecule has 1 amide bonds. The van der Waals surface area contributed by atoms with Crippen LogP contribution in [0.3, 0.4) is 0 Å². The number of nitrogens with zero attached hydrogens (tertiary/aromatic N) is 2. The van der Waals surface area contributed by atoms with E-state index in [2.05, 4.69) is 20.8 Å². The fourth-order valence-electron chi connectivity index (χ4n) is 4.36. The van der Waals surface area contributed by atoms with Crippen molar-refractivity contribution in [3.8, 4) is 0 Å². The van der Waals surface area contributed by atoms with Crippen LogP contribution in [0.4, 0.5) is 10.5 Å². The number of methoxy groups -OCH3 is 2. The number of nitro benzene ring substituents is 1. The molecule has 2 atom stereocenters. The third-order valence-electron chi connectivity index (χ3n) is 6.36. The molecule has 0 spiro atoms. The zero-order valence-corrected chi connectivity index (χ0v) is 23.1. The summed E-state index contributed by atoms with van der Waals surface area (Å²) >= 11 is 0. The van der Waals surface area contributed by atoms with Crippen LogP contribution in [0.2, 0.25) is 13.1 Å². The Balaban J connectivity index is 2.40. The molecule has 1 heterocycles. The highest BCUT2D eigenvalue weighted by molar-refractivity contribution is 6.48. The molecule has 2 rings (SSSR count). The van der Waals surface area contributed by atoms with Gasteiger partial charge in [0.05, 0.1) is 19.1 Å². The summed E-state index contributed by atoms with van der Waals surface area (Å²) < 4.78 is 21.7. The number of nitro groups is 1. The van der Waals surface area contributed by atoms with Crippen LogP contribution in [-0.2, 0) is 34.8 Å². The summed E-state index contributed by atoms with van der Waals surface area (Å²) in [7, 11) is 0.569. The van der Waals surface area contributed by atoms with Gasteiger partial charge in [-0.05, 0) is 48.5 Å². The highest BCUT2D eigenvalue weighted by Gasteiger charge is 2.55. The SMILES string of the molecule is COC(=O)C(C[C@]1(O[SiH](C)C)C[C@H](C(C)(C)C)CN1C(=O)OCc1ccc([N+](=O)[O-])cc1)C(=O)OC. The minimum atomic E-state index is -1.80. The van der Waals surface area contributed by atoms with Crippen LogP contribution in [-0.4, -0.2) is 63.4 Å². The number of non-ortho nitro benzene ring substituents is 1. The van der Waals surface area contributed by atoms with Gasteiger partial charge in [-0.15, -0.1) is 0 Å². The van der Waals surface area contributed by atoms with Crippen molar-refractivity contribution in [1.29, 1.82) is 0 Å². The lowest BCUT2D eigenvalue weighted by atomic mass is 9.78. The van der Waals surface area contributed by atoms with Crippen LogP contribution in [0.5, 0.6) is 0 Å². The third-order valence-corrected chi connectivity index (χ3v) is 7.27. The minimum Gasteiger partial charge on any atom is -0.468 e. The first-order valence-electron chi connectivity index (χ1n) is 11.7. The molecule has 0 radical (unpaired) electrons. The van der Waals surface area contributed by atoms with E-state index in [1.54, 1.807) is 0 Å². The molecule has 200 valence electrons. The first-order chi connectivity index (χ1) is 16.7. The largest absolute Gasteiger partial charge is 0.468 e. The van der Waals surface area contributed by atoms with Gasteiger partial charge in [-0.1, -0.05) is 20.8 Å². The van der Waals surface area contributed by atoms with E-state index < -0.39 is 43.6 Å². The number of amides is 1. The summed E-state index contributed by atoms with van der Waals surface area (Å²) in [5.41, 5.74) is -0.958. The normalized spacial score (nSPS) is 19.9. The van der Waals surface area contributed by atoms with Crippen LogP contribution in [0, 0.1) is 27.4 Å². The average molecular weight is 525 g/mol. The smallest absolute Gasteiger partial charge is 0.412 e. The summed E-state index contributed by atoms with van der Waals surface area (Å²) in [5, 5.41) is 10.9. The zero-order valence-electron chi connectivity index (χ0n) is 21.9. The molecule has 12 heteroatoms. The molecule has 1 aliphatic heterocycles. The summed E-state index contributed by atoms with van der Waals surface area (Å²) in [4.78, 5) is 50.3. The van der Waals surface area contributed by atoms with Crippen molar-refractivity contribution < 1.29 is 37.9 Å². The standard InChI is InChI=1S/C24H36N2O9Si/c1-23(2,3)17-12-24(35-36(6)7,13-19(20(27)32-4)21(28)33-5)25(14-17)22(29)34-15-16-8-10-18(11-9-16)26(30)31/h8-11,17,19,36H,12-15H2,1-7H3/t17-,24+/m0/s1. The number of carbonyl (C=O) groups is 3. The first kappa shape index (κ1) is 29.2. The van der Waals surface area contributed by atoms with Gasteiger partial charge in [0.2, 0.25) is 0 Å². The Morgan fingerprint density at radius 2 is 1.69 bits per heavy atom. The maximum atomic E-state index is 13.4. The van der Waals surface area contributed by atoms with Crippen molar-refractivity contribution in [2.24, 2.45) is 17.3 Å². The van der Waals surface area contributed by atoms with Gasteiger partial charge in [0.15, 0.2) is 15.0 Å². The molecule has 1 aromatic rings.